The van der Waals surface area contributed by atoms with E-state index in [4.69, 9.17) is 0 Å². The third kappa shape index (κ3) is 3.03. The van der Waals surface area contributed by atoms with Gasteiger partial charge in [0.05, 0.1) is 16.5 Å². The molecule has 2 aromatic rings. The molecule has 122 valence electrons. The summed E-state index contributed by atoms with van der Waals surface area (Å²) >= 11 is 1.05. The number of benzene rings is 2. The Balaban J connectivity index is 1.85. The lowest BCUT2D eigenvalue weighted by Crippen LogP contribution is -2.31. The van der Waals surface area contributed by atoms with Crippen LogP contribution in [0.2, 0.25) is 0 Å². The Morgan fingerprint density at radius 3 is 2.46 bits per heavy atom. The van der Waals surface area contributed by atoms with Gasteiger partial charge in [-0.15, -0.1) is 11.8 Å². The molecule has 0 saturated carbocycles. The predicted octanol–water partition coefficient (Wildman–Crippen LogP) is 2.95. The maximum absolute atomic E-state index is 13.0. The average Bonchev–Trinajstić information content (AvgIpc) is 2.83. The molecule has 0 spiro atoms. The summed E-state index contributed by atoms with van der Waals surface area (Å²) in [6.07, 6.45) is -0.0329. The molecule has 2 aromatic carbocycles. The van der Waals surface area contributed by atoms with Crippen molar-refractivity contribution in [3.05, 3.63) is 59.9 Å². The van der Waals surface area contributed by atoms with Crippen molar-refractivity contribution in [1.82, 2.24) is 0 Å². The number of rotatable bonds is 4. The number of halogens is 1. The van der Waals surface area contributed by atoms with Crippen molar-refractivity contribution >= 4 is 35.2 Å². The number of hydrogen-bond donors (Lipinski definition) is 1. The second-order valence-corrected chi connectivity index (χ2v) is 6.40. The Morgan fingerprint density at radius 2 is 1.79 bits per heavy atom. The summed E-state index contributed by atoms with van der Waals surface area (Å²) < 4.78 is 13.0. The molecule has 1 saturated heterocycles. The summed E-state index contributed by atoms with van der Waals surface area (Å²) in [5, 5.41) is 8.50. The fourth-order valence-corrected chi connectivity index (χ4v) is 3.64. The van der Waals surface area contributed by atoms with E-state index in [1.165, 1.54) is 30.3 Å². The summed E-state index contributed by atoms with van der Waals surface area (Å²) in [5.74, 6) is -2.38. The van der Waals surface area contributed by atoms with Crippen LogP contribution < -0.4 is 4.90 Å². The van der Waals surface area contributed by atoms with Crippen molar-refractivity contribution in [2.24, 2.45) is 0 Å². The molecule has 1 atom stereocenters. The first-order valence-electron chi connectivity index (χ1n) is 7.08. The van der Waals surface area contributed by atoms with Crippen molar-refractivity contribution in [2.75, 3.05) is 4.90 Å². The number of hydrogen-bond acceptors (Lipinski definition) is 4. The molecular weight excluding hydrogens is 333 g/mol. The van der Waals surface area contributed by atoms with Crippen molar-refractivity contribution < 1.29 is 23.9 Å². The van der Waals surface area contributed by atoms with Crippen molar-refractivity contribution in [1.29, 1.82) is 0 Å². The monoisotopic (exact) mass is 345 g/mol. The highest BCUT2D eigenvalue weighted by Gasteiger charge is 2.40. The molecular formula is C17H12FNO4S. The fraction of sp³-hybridized carbons (Fsp3) is 0.118. The van der Waals surface area contributed by atoms with Crippen LogP contribution in [0.25, 0.3) is 0 Å². The molecule has 1 aliphatic rings. The van der Waals surface area contributed by atoms with E-state index in [9.17, 15) is 23.9 Å². The topological polar surface area (TPSA) is 74.7 Å². The summed E-state index contributed by atoms with van der Waals surface area (Å²) in [6, 6.07) is 11.4. The number of carboxylic acid groups (broad SMARTS) is 1. The summed E-state index contributed by atoms with van der Waals surface area (Å²) in [5.41, 5.74) is 0.393. The third-order valence-corrected chi connectivity index (χ3v) is 4.84. The fourth-order valence-electron chi connectivity index (χ4n) is 2.46. The van der Waals surface area contributed by atoms with Crippen LogP contribution in [0.15, 0.2) is 53.4 Å². The van der Waals surface area contributed by atoms with Gasteiger partial charge in [-0.05, 0) is 36.4 Å². The van der Waals surface area contributed by atoms with Crippen LogP contribution >= 0.6 is 11.8 Å². The smallest absolute Gasteiger partial charge is 0.336 e. The molecule has 5 nitrogen and oxygen atoms in total. The first-order valence-corrected chi connectivity index (χ1v) is 7.96. The molecule has 1 N–H and O–H groups in total. The highest BCUT2D eigenvalue weighted by molar-refractivity contribution is 8.00. The highest BCUT2D eigenvalue weighted by atomic mass is 32.2. The largest absolute Gasteiger partial charge is 0.478 e. The number of anilines is 1. The zero-order valence-corrected chi connectivity index (χ0v) is 13.1. The Bertz CT molecular complexity index is 822. The lowest BCUT2D eigenvalue weighted by molar-refractivity contribution is -0.121. The van der Waals surface area contributed by atoms with E-state index in [-0.39, 0.29) is 12.0 Å². The van der Waals surface area contributed by atoms with E-state index in [1.807, 2.05) is 0 Å². The SMILES string of the molecule is O=C(O)c1ccccc1SC1CC(=O)N(c2ccc(F)cc2)C1=O. The van der Waals surface area contributed by atoms with E-state index in [1.54, 1.807) is 18.2 Å². The number of carbonyl (C=O) groups is 3. The summed E-state index contributed by atoms with van der Waals surface area (Å²) in [6.45, 7) is 0. The van der Waals surface area contributed by atoms with Gasteiger partial charge in [0, 0.05) is 11.3 Å². The maximum atomic E-state index is 13.0. The number of thioether (sulfide) groups is 1. The Hall–Kier alpha value is -2.67. The van der Waals surface area contributed by atoms with E-state index >= 15 is 0 Å². The standard InChI is InChI=1S/C17H12FNO4S/c18-10-5-7-11(8-6-10)19-15(20)9-14(16(19)21)24-13-4-2-1-3-12(13)17(22)23/h1-8,14H,9H2,(H,22,23). The van der Waals surface area contributed by atoms with Gasteiger partial charge < -0.3 is 5.11 Å². The van der Waals surface area contributed by atoms with Gasteiger partial charge in [0.25, 0.3) is 0 Å². The molecule has 0 aromatic heterocycles. The maximum Gasteiger partial charge on any atom is 0.336 e. The van der Waals surface area contributed by atoms with E-state index in [0.29, 0.717) is 10.6 Å². The molecule has 3 rings (SSSR count). The van der Waals surface area contributed by atoms with Gasteiger partial charge in [-0.3, -0.25) is 9.59 Å². The number of amides is 2. The molecule has 2 amide bonds. The van der Waals surface area contributed by atoms with Gasteiger partial charge in [-0.1, -0.05) is 12.1 Å². The van der Waals surface area contributed by atoms with Gasteiger partial charge in [0.1, 0.15) is 5.82 Å². The minimum atomic E-state index is -1.09. The van der Waals surface area contributed by atoms with E-state index in [0.717, 1.165) is 16.7 Å². The number of nitrogens with zero attached hydrogens (tertiary/aromatic N) is 1. The molecule has 7 heteroatoms. The van der Waals surface area contributed by atoms with Crippen molar-refractivity contribution in [3.8, 4) is 0 Å². The Kier molecular flexibility index (Phi) is 4.35. The number of aromatic carboxylic acids is 1. The molecule has 1 unspecified atom stereocenters. The lowest BCUT2D eigenvalue weighted by Gasteiger charge is -2.15. The molecule has 0 bridgehead atoms. The van der Waals surface area contributed by atoms with Crippen LogP contribution in [-0.4, -0.2) is 28.1 Å². The number of carboxylic acids is 1. The van der Waals surface area contributed by atoms with Gasteiger partial charge >= 0.3 is 5.97 Å². The number of carbonyl (C=O) groups excluding carboxylic acids is 2. The second-order valence-electron chi connectivity index (χ2n) is 5.16. The summed E-state index contributed by atoms with van der Waals surface area (Å²) in [4.78, 5) is 37.4. The minimum absolute atomic E-state index is 0.0329. The predicted molar refractivity (Wildman–Crippen MR) is 86.6 cm³/mol. The van der Waals surface area contributed by atoms with Crippen LogP contribution in [0.4, 0.5) is 10.1 Å². The first-order chi connectivity index (χ1) is 11.5. The van der Waals surface area contributed by atoms with Crippen molar-refractivity contribution in [3.63, 3.8) is 0 Å². The Morgan fingerprint density at radius 1 is 1.12 bits per heavy atom. The van der Waals surface area contributed by atoms with Crippen LogP contribution in [0.5, 0.6) is 0 Å². The average molecular weight is 345 g/mol. The van der Waals surface area contributed by atoms with Gasteiger partial charge in [-0.25, -0.2) is 14.1 Å². The zero-order chi connectivity index (χ0) is 17.3. The second kappa shape index (κ2) is 6.45. The van der Waals surface area contributed by atoms with Crippen molar-refractivity contribution in [2.45, 2.75) is 16.6 Å². The van der Waals surface area contributed by atoms with Crippen LogP contribution in [0.1, 0.15) is 16.8 Å². The van der Waals surface area contributed by atoms with Gasteiger partial charge in [0.2, 0.25) is 11.8 Å². The normalized spacial score (nSPS) is 17.4. The minimum Gasteiger partial charge on any atom is -0.478 e. The van der Waals surface area contributed by atoms with E-state index in [2.05, 4.69) is 0 Å². The lowest BCUT2D eigenvalue weighted by atomic mass is 10.2. The Labute approximate surface area is 141 Å². The molecule has 0 radical (unpaired) electrons. The molecule has 1 aliphatic heterocycles. The molecule has 24 heavy (non-hydrogen) atoms. The van der Waals surface area contributed by atoms with Gasteiger partial charge in [0.15, 0.2) is 0 Å². The molecule has 1 heterocycles. The van der Waals surface area contributed by atoms with Gasteiger partial charge in [-0.2, -0.15) is 0 Å². The number of imide groups is 1. The van der Waals surface area contributed by atoms with Crippen LogP contribution in [-0.2, 0) is 9.59 Å². The van der Waals surface area contributed by atoms with Crippen LogP contribution in [0, 0.1) is 5.82 Å². The molecule has 1 fully saturated rings. The quantitative estimate of drug-likeness (QED) is 0.863. The summed E-state index contributed by atoms with van der Waals surface area (Å²) in [7, 11) is 0. The van der Waals surface area contributed by atoms with E-state index < -0.39 is 28.9 Å². The zero-order valence-electron chi connectivity index (χ0n) is 12.3. The highest BCUT2D eigenvalue weighted by Crippen LogP contribution is 2.35. The third-order valence-electron chi connectivity index (χ3n) is 3.58. The van der Waals surface area contributed by atoms with Crippen LogP contribution in [0.3, 0.4) is 0 Å². The molecule has 0 aliphatic carbocycles. The first kappa shape index (κ1) is 16.2.